The molecule has 0 aromatic heterocycles. The lowest BCUT2D eigenvalue weighted by molar-refractivity contribution is -0.121. The summed E-state index contributed by atoms with van der Waals surface area (Å²) >= 11 is 1.92. The maximum Gasteiger partial charge on any atom is 0.472 e. The highest BCUT2D eigenvalue weighted by Gasteiger charge is 2.42. The number of unbranched alkanes of at least 4 members (excludes halogenated alkanes) is 8. The van der Waals surface area contributed by atoms with Crippen LogP contribution in [-0.2, 0) is 55.2 Å². The van der Waals surface area contributed by atoms with Crippen molar-refractivity contribution in [2.75, 3.05) is 83.7 Å². The third-order valence-electron chi connectivity index (χ3n) is 9.47. The normalized spacial score (nSPS) is 21.4. The molecule has 2 rings (SSSR count). The summed E-state index contributed by atoms with van der Waals surface area (Å²) in [6.45, 7) is 0.626. The van der Waals surface area contributed by atoms with Crippen LogP contribution < -0.4 is 16.4 Å². The van der Waals surface area contributed by atoms with Gasteiger partial charge in [-0.05, 0) is 63.0 Å². The first-order chi connectivity index (χ1) is 28.3. The monoisotopic (exact) mass is 961 g/mol. The van der Waals surface area contributed by atoms with Crippen LogP contribution in [0.5, 0.6) is 0 Å². The van der Waals surface area contributed by atoms with E-state index >= 15 is 0 Å². The van der Waals surface area contributed by atoms with Crippen molar-refractivity contribution in [3.8, 4) is 0 Å². The van der Waals surface area contributed by atoms with Crippen LogP contribution in [0.3, 0.4) is 0 Å². The molecule has 0 bridgehead atoms. The quantitative estimate of drug-likeness (QED) is 0.0215. The Kier molecular flexibility index (Phi) is 30.8. The van der Waals surface area contributed by atoms with E-state index in [-0.39, 0.29) is 64.1 Å². The average Bonchev–Trinajstić information content (AvgIpc) is 3.75. The van der Waals surface area contributed by atoms with Gasteiger partial charge >= 0.3 is 23.5 Å². The van der Waals surface area contributed by atoms with Gasteiger partial charge in [-0.3, -0.25) is 36.7 Å². The highest BCUT2D eigenvalue weighted by atomic mass is 33.1. The lowest BCUT2D eigenvalue weighted by Crippen LogP contribution is -2.34. The standard InChI is InChI=1S/C35H70N3O15P3S3/c1-47-54(41,42)49-19-10-2-4-12-24-58-59-25-13-5-3-11-20-50-55(43,44)52-27-30(28-53-56(45,46)51-23-22-48-21-17-36)14-8-9-18-37-33(39)16-7-6-15-32-35-31(29-57-32)26-34(40)38-35/h30-32,35H,2-29,36H2,1H3,(H,37,39)(H,38,40)(H,41,42)(H,43,44)(H,45,46)/t30?,31-,32+,35-/m0/s1. The molecule has 7 N–H and O–H groups in total. The Morgan fingerprint density at radius 3 is 2.03 bits per heavy atom. The number of hydrogen-bond acceptors (Lipinski definition) is 16. The van der Waals surface area contributed by atoms with Gasteiger partial charge < -0.3 is 35.8 Å². The van der Waals surface area contributed by atoms with E-state index in [1.54, 1.807) is 0 Å². The first-order valence-corrected chi connectivity index (χ1v) is 28.7. The summed E-state index contributed by atoms with van der Waals surface area (Å²) in [4.78, 5) is 53.7. The molecule has 2 aliphatic heterocycles. The first-order valence-electron chi connectivity index (χ1n) is 20.7. The van der Waals surface area contributed by atoms with Gasteiger partial charge in [-0.25, -0.2) is 13.7 Å². The second-order valence-corrected chi connectivity index (χ2v) is 22.9. The second kappa shape index (κ2) is 32.8. The molecule has 59 heavy (non-hydrogen) atoms. The van der Waals surface area contributed by atoms with Crippen LogP contribution in [0.4, 0.5) is 0 Å². The van der Waals surface area contributed by atoms with Crippen LogP contribution in [0.2, 0.25) is 0 Å². The molecule has 18 nitrogen and oxygen atoms in total. The fourth-order valence-corrected chi connectivity index (χ4v) is 12.3. The molecule has 348 valence electrons. The SMILES string of the molecule is COP(=O)(O)OCCCCCCSSCCCCCCOP(=O)(O)OCC(CCCCNC(=O)CCCC[C@H]1SC[C@@H]2CC(=O)N[C@@H]21)COP(=O)(O)OCCOCCN. The van der Waals surface area contributed by atoms with Gasteiger partial charge in [-0.2, -0.15) is 11.8 Å². The number of nitrogens with one attached hydrogen (secondary N) is 2. The number of carbonyl (C=O) groups excluding carboxylic acids is 2. The Labute approximate surface area is 362 Å². The molecule has 2 aliphatic rings. The molecule has 0 aromatic carbocycles. The van der Waals surface area contributed by atoms with Crippen molar-refractivity contribution in [1.29, 1.82) is 0 Å². The van der Waals surface area contributed by atoms with Crippen molar-refractivity contribution in [2.45, 2.75) is 114 Å². The lowest BCUT2D eigenvalue weighted by atomic mass is 9.97. The van der Waals surface area contributed by atoms with Gasteiger partial charge in [0.1, 0.15) is 0 Å². The van der Waals surface area contributed by atoms with Crippen molar-refractivity contribution in [2.24, 2.45) is 17.6 Å². The Morgan fingerprint density at radius 2 is 1.41 bits per heavy atom. The number of fused-ring (bicyclic) bond motifs is 1. The number of amides is 2. The van der Waals surface area contributed by atoms with Crippen molar-refractivity contribution in [1.82, 2.24) is 10.6 Å². The largest absolute Gasteiger partial charge is 0.472 e. The predicted octanol–water partition coefficient (Wildman–Crippen LogP) is 6.58. The number of phosphoric acid groups is 3. The van der Waals surface area contributed by atoms with E-state index < -0.39 is 29.4 Å². The maximum absolute atomic E-state index is 12.6. The molecule has 0 aliphatic carbocycles. The molecule has 0 aromatic rings. The lowest BCUT2D eigenvalue weighted by Gasteiger charge is -2.20. The van der Waals surface area contributed by atoms with Gasteiger partial charge in [0.15, 0.2) is 0 Å². The Balaban J connectivity index is 1.58. The van der Waals surface area contributed by atoms with Crippen molar-refractivity contribution >= 4 is 68.6 Å². The number of thioether (sulfide) groups is 1. The van der Waals surface area contributed by atoms with E-state index in [1.807, 2.05) is 33.3 Å². The molecule has 24 heteroatoms. The van der Waals surface area contributed by atoms with Crippen molar-refractivity contribution in [3.05, 3.63) is 0 Å². The molecule has 2 amide bonds. The van der Waals surface area contributed by atoms with Gasteiger partial charge in [0, 0.05) is 61.8 Å². The number of nitrogens with two attached hydrogens (primary N) is 1. The van der Waals surface area contributed by atoms with Crippen molar-refractivity contribution < 1.29 is 69.8 Å². The van der Waals surface area contributed by atoms with Gasteiger partial charge in [0.2, 0.25) is 11.8 Å². The Morgan fingerprint density at radius 1 is 0.797 bits per heavy atom. The van der Waals surface area contributed by atoms with Crippen molar-refractivity contribution in [3.63, 3.8) is 0 Å². The molecule has 0 spiro atoms. The molecule has 2 fully saturated rings. The molecule has 0 saturated carbocycles. The zero-order valence-corrected chi connectivity index (χ0v) is 39.6. The molecular formula is C35H70N3O15P3S3. The van der Waals surface area contributed by atoms with Gasteiger partial charge in [0.25, 0.3) is 0 Å². The molecule has 0 radical (unpaired) electrons. The number of carbonyl (C=O) groups is 2. The number of ether oxygens (including phenoxy) is 1. The number of rotatable bonds is 40. The minimum Gasteiger partial charge on any atom is -0.378 e. The second-order valence-electron chi connectivity index (χ2n) is 14.4. The van der Waals surface area contributed by atoms with E-state index in [9.17, 15) is 38.0 Å². The summed E-state index contributed by atoms with van der Waals surface area (Å²) in [6, 6.07) is 0.264. The molecule has 7 atom stereocenters. The minimum atomic E-state index is -4.43. The third-order valence-corrected chi connectivity index (χ3v) is 16.6. The van der Waals surface area contributed by atoms with E-state index in [0.717, 1.165) is 82.2 Å². The summed E-state index contributed by atoms with van der Waals surface area (Å²) in [5, 5.41) is 6.45. The van der Waals surface area contributed by atoms with Crippen LogP contribution in [0.25, 0.3) is 0 Å². The molecule has 4 unspecified atom stereocenters. The van der Waals surface area contributed by atoms with Gasteiger partial charge in [0.05, 0.1) is 46.2 Å². The smallest absolute Gasteiger partial charge is 0.378 e. The number of hydrogen-bond donors (Lipinski definition) is 6. The topological polar surface area (TPSA) is 261 Å². The summed E-state index contributed by atoms with van der Waals surface area (Å²) in [7, 11) is -7.92. The zero-order valence-electron chi connectivity index (χ0n) is 34.5. The van der Waals surface area contributed by atoms with Gasteiger partial charge in [-0.1, -0.05) is 60.1 Å². The summed E-state index contributed by atoms with van der Waals surface area (Å²) in [5.41, 5.74) is 5.36. The fraction of sp³-hybridized carbons (Fsp3) is 0.943. The fourth-order valence-electron chi connectivity index (χ4n) is 6.25. The zero-order chi connectivity index (χ0) is 43.2. The van der Waals surface area contributed by atoms with E-state index in [1.165, 1.54) is 0 Å². The Bertz CT molecular complexity index is 1300. The highest BCUT2D eigenvalue weighted by Crippen LogP contribution is 2.46. The van der Waals surface area contributed by atoms with Crippen LogP contribution in [-0.4, -0.2) is 121 Å². The minimum absolute atomic E-state index is 0.0319. The predicted molar refractivity (Wildman–Crippen MR) is 233 cm³/mol. The average molecular weight is 962 g/mol. The number of phosphoric ester groups is 3. The Hall–Kier alpha value is 0.240. The van der Waals surface area contributed by atoms with Crippen LogP contribution in [0.15, 0.2) is 0 Å². The maximum atomic E-state index is 12.6. The van der Waals surface area contributed by atoms with E-state index in [2.05, 4.69) is 15.2 Å². The molecule has 2 saturated heterocycles. The van der Waals surface area contributed by atoms with Crippen LogP contribution >= 0.6 is 56.8 Å². The van der Waals surface area contributed by atoms with Crippen LogP contribution in [0.1, 0.15) is 103 Å². The molecule has 2 heterocycles. The van der Waals surface area contributed by atoms with E-state index in [4.69, 9.17) is 33.1 Å². The summed E-state index contributed by atoms with van der Waals surface area (Å²) in [6.07, 6.45) is 12.4. The van der Waals surface area contributed by atoms with E-state index in [0.29, 0.717) is 69.2 Å². The highest BCUT2D eigenvalue weighted by molar-refractivity contribution is 8.76. The summed E-state index contributed by atoms with van der Waals surface area (Å²) < 4.78 is 71.2. The van der Waals surface area contributed by atoms with Crippen LogP contribution in [0, 0.1) is 11.8 Å². The third kappa shape index (κ3) is 28.6. The molecular weight excluding hydrogens is 892 g/mol. The summed E-state index contributed by atoms with van der Waals surface area (Å²) in [5.74, 6) is 3.04. The first kappa shape index (κ1) is 55.4. The van der Waals surface area contributed by atoms with Gasteiger partial charge in [-0.15, -0.1) is 0 Å².